The van der Waals surface area contributed by atoms with Gasteiger partial charge in [0.05, 0.1) is 0 Å². The van der Waals surface area contributed by atoms with Crippen molar-refractivity contribution in [2.24, 2.45) is 0 Å². The fourth-order valence-corrected chi connectivity index (χ4v) is 2.03. The van der Waals surface area contributed by atoms with Gasteiger partial charge in [0, 0.05) is 12.0 Å². The summed E-state index contributed by atoms with van der Waals surface area (Å²) in [5, 5.41) is 10.3. The van der Waals surface area contributed by atoms with Crippen LogP contribution in [0.5, 0.6) is 11.5 Å². The van der Waals surface area contributed by atoms with E-state index in [-0.39, 0.29) is 5.75 Å². The minimum Gasteiger partial charge on any atom is -0.542 e. The van der Waals surface area contributed by atoms with E-state index in [2.05, 4.69) is 0 Å². The lowest BCUT2D eigenvalue weighted by Gasteiger charge is -2.17. The predicted molar refractivity (Wildman–Crippen MR) is 65.1 cm³/mol. The molecule has 0 spiro atoms. The molecule has 1 aromatic rings. The number of carbonyl (C=O) groups is 3. The molecule has 2 rings (SSSR count). The molecule has 0 unspecified atom stereocenters. The number of ether oxygens (including phenoxy) is 2. The predicted octanol–water partition coefficient (Wildman–Crippen LogP) is 0.0146. The number of carbonyl (C=O) groups excluding carboxylic acids is 3. The van der Waals surface area contributed by atoms with Crippen LogP contribution in [0.15, 0.2) is 18.2 Å². The highest BCUT2D eigenvalue weighted by Crippen LogP contribution is 2.41. The van der Waals surface area contributed by atoms with E-state index in [1.165, 1.54) is 6.07 Å². The van der Waals surface area contributed by atoms with Crippen LogP contribution in [0, 0.1) is 0 Å². The Morgan fingerprint density at radius 3 is 2.70 bits per heavy atom. The third-order valence-corrected chi connectivity index (χ3v) is 2.81. The molecule has 6 heteroatoms. The van der Waals surface area contributed by atoms with Crippen LogP contribution in [-0.2, 0) is 20.8 Å². The maximum atomic E-state index is 11.5. The van der Waals surface area contributed by atoms with Gasteiger partial charge < -0.3 is 19.4 Å². The molecule has 0 N–H and O–H groups in total. The second-order valence-corrected chi connectivity index (χ2v) is 5.14. The SMILES string of the molecule is CC1(C)Cc2cccc(OC(=O)CC(=O)C(=O)[O-])c2O1. The minimum absolute atomic E-state index is 0.184. The first-order valence-electron chi connectivity index (χ1n) is 6.04. The molecule has 0 bridgehead atoms. The maximum Gasteiger partial charge on any atom is 0.319 e. The largest absolute Gasteiger partial charge is 0.542 e. The van der Waals surface area contributed by atoms with Crippen molar-refractivity contribution < 1.29 is 29.0 Å². The van der Waals surface area contributed by atoms with Gasteiger partial charge in [-0.3, -0.25) is 9.59 Å². The van der Waals surface area contributed by atoms with Crippen LogP contribution in [0.4, 0.5) is 0 Å². The molecule has 1 heterocycles. The van der Waals surface area contributed by atoms with Crippen LogP contribution < -0.4 is 14.6 Å². The lowest BCUT2D eigenvalue weighted by Crippen LogP contribution is -2.33. The molecule has 0 saturated carbocycles. The van der Waals surface area contributed by atoms with E-state index in [1.54, 1.807) is 6.07 Å². The number of Topliss-reactive ketones (excluding diaryl/α,β-unsaturated/α-hetero) is 1. The van der Waals surface area contributed by atoms with Crippen molar-refractivity contribution in [1.29, 1.82) is 0 Å². The van der Waals surface area contributed by atoms with Gasteiger partial charge in [0.1, 0.15) is 18.0 Å². The van der Waals surface area contributed by atoms with Crippen molar-refractivity contribution in [3.05, 3.63) is 23.8 Å². The number of carboxylic acid groups (broad SMARTS) is 1. The minimum atomic E-state index is -1.90. The van der Waals surface area contributed by atoms with Crippen LogP contribution >= 0.6 is 0 Å². The molecule has 106 valence electrons. The van der Waals surface area contributed by atoms with Crippen molar-refractivity contribution in [2.45, 2.75) is 32.3 Å². The third kappa shape index (κ3) is 2.96. The Kier molecular flexibility index (Phi) is 3.48. The molecule has 0 radical (unpaired) electrons. The van der Waals surface area contributed by atoms with Crippen molar-refractivity contribution in [3.63, 3.8) is 0 Å². The fraction of sp³-hybridized carbons (Fsp3) is 0.357. The van der Waals surface area contributed by atoms with Gasteiger partial charge in [-0.25, -0.2) is 0 Å². The van der Waals surface area contributed by atoms with Crippen LogP contribution in [0.3, 0.4) is 0 Å². The van der Waals surface area contributed by atoms with E-state index >= 15 is 0 Å². The average Bonchev–Trinajstić information content (AvgIpc) is 2.64. The zero-order valence-electron chi connectivity index (χ0n) is 11.1. The zero-order chi connectivity index (χ0) is 14.9. The quantitative estimate of drug-likeness (QED) is 0.333. The average molecular weight is 277 g/mol. The van der Waals surface area contributed by atoms with Crippen LogP contribution in [0.1, 0.15) is 25.8 Å². The van der Waals surface area contributed by atoms with E-state index in [0.717, 1.165) is 5.56 Å². The molecule has 1 aliphatic heterocycles. The molecule has 0 aliphatic carbocycles. The molecule has 0 saturated heterocycles. The Labute approximate surface area is 115 Å². The lowest BCUT2D eigenvalue weighted by molar-refractivity contribution is -0.300. The first-order valence-corrected chi connectivity index (χ1v) is 6.04. The Morgan fingerprint density at radius 1 is 1.35 bits per heavy atom. The number of ketones is 1. The Bertz CT molecular complexity index is 587. The normalized spacial score (nSPS) is 15.1. The highest BCUT2D eigenvalue weighted by atomic mass is 16.6. The summed E-state index contributed by atoms with van der Waals surface area (Å²) in [6.45, 7) is 3.80. The number of fused-ring (bicyclic) bond motifs is 1. The molecule has 0 fully saturated rings. The second-order valence-electron chi connectivity index (χ2n) is 5.14. The first kappa shape index (κ1) is 14.0. The summed E-state index contributed by atoms with van der Waals surface area (Å²) < 4.78 is 10.7. The van der Waals surface area contributed by atoms with Gasteiger partial charge in [0.25, 0.3) is 0 Å². The Hall–Kier alpha value is -2.37. The zero-order valence-corrected chi connectivity index (χ0v) is 11.1. The number of aliphatic carboxylic acids is 1. The molecule has 0 atom stereocenters. The smallest absolute Gasteiger partial charge is 0.319 e. The summed E-state index contributed by atoms with van der Waals surface area (Å²) in [4.78, 5) is 32.7. The molecule has 1 aliphatic rings. The van der Waals surface area contributed by atoms with Gasteiger partial charge in [-0.05, 0) is 19.9 Å². The molecule has 0 amide bonds. The molecule has 1 aromatic carbocycles. The number of carboxylic acids is 1. The summed E-state index contributed by atoms with van der Waals surface area (Å²) in [5.41, 5.74) is 0.498. The van der Waals surface area contributed by atoms with Crippen molar-refractivity contribution >= 4 is 17.7 Å². The summed E-state index contributed by atoms with van der Waals surface area (Å²) in [6.07, 6.45) is -0.193. The lowest BCUT2D eigenvalue weighted by atomic mass is 10.0. The topological polar surface area (TPSA) is 92.7 Å². The first-order chi connectivity index (χ1) is 9.28. The molecular formula is C14H13O6-. The van der Waals surface area contributed by atoms with Crippen molar-refractivity contribution in [1.82, 2.24) is 0 Å². The molecular weight excluding hydrogens is 264 g/mol. The number of benzene rings is 1. The van der Waals surface area contributed by atoms with E-state index in [4.69, 9.17) is 9.47 Å². The maximum absolute atomic E-state index is 11.5. The van der Waals surface area contributed by atoms with Gasteiger partial charge in [-0.1, -0.05) is 12.1 Å². The van der Waals surface area contributed by atoms with E-state index < -0.39 is 29.7 Å². The number of hydrogen-bond donors (Lipinski definition) is 0. The number of para-hydroxylation sites is 1. The monoisotopic (exact) mass is 277 g/mol. The molecule has 20 heavy (non-hydrogen) atoms. The summed E-state index contributed by atoms with van der Waals surface area (Å²) in [5.74, 6) is -3.54. The molecule has 6 nitrogen and oxygen atoms in total. The van der Waals surface area contributed by atoms with Gasteiger partial charge in [0.15, 0.2) is 17.3 Å². The van der Waals surface area contributed by atoms with E-state index in [9.17, 15) is 19.5 Å². The highest BCUT2D eigenvalue weighted by Gasteiger charge is 2.32. The summed E-state index contributed by atoms with van der Waals surface area (Å²) in [7, 11) is 0. The Morgan fingerprint density at radius 2 is 2.05 bits per heavy atom. The van der Waals surface area contributed by atoms with Crippen molar-refractivity contribution in [3.8, 4) is 11.5 Å². The van der Waals surface area contributed by atoms with Crippen LogP contribution in [-0.4, -0.2) is 23.3 Å². The number of hydrogen-bond acceptors (Lipinski definition) is 6. The summed E-state index contributed by atoms with van der Waals surface area (Å²) in [6, 6.07) is 5.09. The van der Waals surface area contributed by atoms with E-state index in [1.807, 2.05) is 19.9 Å². The number of esters is 1. The van der Waals surface area contributed by atoms with Crippen LogP contribution in [0.2, 0.25) is 0 Å². The Balaban J connectivity index is 2.13. The fourth-order valence-electron chi connectivity index (χ4n) is 2.03. The van der Waals surface area contributed by atoms with E-state index in [0.29, 0.717) is 12.2 Å². The van der Waals surface area contributed by atoms with Crippen LogP contribution in [0.25, 0.3) is 0 Å². The van der Waals surface area contributed by atoms with Gasteiger partial charge in [-0.2, -0.15) is 0 Å². The standard InChI is InChI=1S/C14H14O6/c1-14(2)7-8-4-3-5-10(12(8)20-14)19-11(16)6-9(15)13(17)18/h3-5H,6-7H2,1-2H3,(H,17,18)/p-1. The van der Waals surface area contributed by atoms with Gasteiger partial charge in [0.2, 0.25) is 0 Å². The summed E-state index contributed by atoms with van der Waals surface area (Å²) >= 11 is 0. The van der Waals surface area contributed by atoms with Crippen molar-refractivity contribution in [2.75, 3.05) is 0 Å². The third-order valence-electron chi connectivity index (χ3n) is 2.81. The molecule has 0 aromatic heterocycles. The van der Waals surface area contributed by atoms with Gasteiger partial charge in [-0.15, -0.1) is 0 Å². The second kappa shape index (κ2) is 4.96. The van der Waals surface area contributed by atoms with Gasteiger partial charge >= 0.3 is 5.97 Å². The number of rotatable bonds is 4. The highest BCUT2D eigenvalue weighted by molar-refractivity contribution is 6.34.